The van der Waals surface area contributed by atoms with E-state index in [9.17, 15) is 8.42 Å². The summed E-state index contributed by atoms with van der Waals surface area (Å²) in [4.78, 5) is 0.186. The second-order valence-corrected chi connectivity index (χ2v) is 5.24. The van der Waals surface area contributed by atoms with Crippen LogP contribution in [0.25, 0.3) is 0 Å². The number of thiol groups is 1. The van der Waals surface area contributed by atoms with Crippen LogP contribution in [0.1, 0.15) is 5.56 Å². The molecule has 1 aromatic rings. The van der Waals surface area contributed by atoms with E-state index in [2.05, 4.69) is 12.6 Å². The van der Waals surface area contributed by atoms with Crippen molar-refractivity contribution in [2.24, 2.45) is 0 Å². The first kappa shape index (κ1) is 11.1. The molecule has 0 aliphatic heterocycles. The van der Waals surface area contributed by atoms with Gasteiger partial charge in [0.15, 0.2) is 9.84 Å². The molecule has 0 atom stereocenters. The molecule has 0 saturated heterocycles. The third-order valence-electron chi connectivity index (χ3n) is 1.68. The fourth-order valence-electron chi connectivity index (χ4n) is 0.997. The first-order valence-electron chi connectivity index (χ1n) is 3.94. The smallest absolute Gasteiger partial charge is 0.179 e. The number of hydrogen-bond donors (Lipinski definition) is 1. The first-order valence-corrected chi connectivity index (χ1v) is 6.22. The highest BCUT2D eigenvalue weighted by atomic mass is 32.2. The van der Waals surface area contributed by atoms with Crippen molar-refractivity contribution in [3.8, 4) is 6.07 Å². The van der Waals surface area contributed by atoms with Gasteiger partial charge in [0, 0.05) is 5.75 Å². The molecule has 0 amide bonds. The Bertz CT molecular complexity index is 460. The number of benzene rings is 1. The van der Waals surface area contributed by atoms with E-state index in [1.807, 2.05) is 6.07 Å². The molecule has 0 aliphatic carbocycles. The lowest BCUT2D eigenvalue weighted by molar-refractivity contribution is 0.597. The molecule has 0 heterocycles. The van der Waals surface area contributed by atoms with E-state index in [0.29, 0.717) is 5.56 Å². The van der Waals surface area contributed by atoms with Crippen LogP contribution in [0.15, 0.2) is 29.2 Å². The quantitative estimate of drug-likeness (QED) is 0.791. The van der Waals surface area contributed by atoms with E-state index in [4.69, 9.17) is 5.26 Å². The molecule has 1 aromatic carbocycles. The summed E-state index contributed by atoms with van der Waals surface area (Å²) in [5.74, 6) is 0.268. The van der Waals surface area contributed by atoms with Crippen LogP contribution in [-0.4, -0.2) is 19.9 Å². The van der Waals surface area contributed by atoms with Crippen LogP contribution in [-0.2, 0) is 9.84 Å². The third kappa shape index (κ3) is 2.50. The van der Waals surface area contributed by atoms with Gasteiger partial charge < -0.3 is 0 Å². The van der Waals surface area contributed by atoms with E-state index >= 15 is 0 Å². The number of rotatable bonds is 3. The molecule has 0 fully saturated rings. The molecule has 0 radical (unpaired) electrons. The van der Waals surface area contributed by atoms with Gasteiger partial charge in [0.05, 0.1) is 22.3 Å². The molecule has 1 rings (SSSR count). The third-order valence-corrected chi connectivity index (χ3v) is 3.92. The van der Waals surface area contributed by atoms with Crippen molar-refractivity contribution in [2.45, 2.75) is 4.90 Å². The topological polar surface area (TPSA) is 57.9 Å². The molecule has 74 valence electrons. The van der Waals surface area contributed by atoms with Gasteiger partial charge in [0.25, 0.3) is 0 Å². The normalized spacial score (nSPS) is 10.9. The van der Waals surface area contributed by atoms with Gasteiger partial charge in [-0.25, -0.2) is 8.42 Å². The molecule has 0 spiro atoms. The molecule has 14 heavy (non-hydrogen) atoms. The highest BCUT2D eigenvalue weighted by Gasteiger charge is 2.13. The maximum absolute atomic E-state index is 11.5. The first-order chi connectivity index (χ1) is 6.60. The highest BCUT2D eigenvalue weighted by Crippen LogP contribution is 2.12. The summed E-state index contributed by atoms with van der Waals surface area (Å²) in [6.07, 6.45) is 0. The summed E-state index contributed by atoms with van der Waals surface area (Å²) in [6, 6.07) is 7.89. The second-order valence-electron chi connectivity index (χ2n) is 2.68. The maximum Gasteiger partial charge on any atom is 0.179 e. The predicted molar refractivity (Wildman–Crippen MR) is 57.1 cm³/mol. The molecule has 0 saturated carbocycles. The zero-order valence-electron chi connectivity index (χ0n) is 7.34. The van der Waals surface area contributed by atoms with Gasteiger partial charge >= 0.3 is 0 Å². The largest absolute Gasteiger partial charge is 0.224 e. The lowest BCUT2D eigenvalue weighted by atomic mass is 10.2. The van der Waals surface area contributed by atoms with Crippen LogP contribution >= 0.6 is 12.6 Å². The van der Waals surface area contributed by atoms with Crippen molar-refractivity contribution in [1.29, 1.82) is 5.26 Å². The average molecular weight is 227 g/mol. The summed E-state index contributed by atoms with van der Waals surface area (Å²) in [6.45, 7) is 0. The summed E-state index contributed by atoms with van der Waals surface area (Å²) in [7, 11) is -3.27. The number of hydrogen-bond acceptors (Lipinski definition) is 4. The fraction of sp³-hybridized carbons (Fsp3) is 0.222. The van der Waals surface area contributed by atoms with Crippen molar-refractivity contribution in [3.05, 3.63) is 29.8 Å². The second kappa shape index (κ2) is 4.49. The minimum atomic E-state index is -3.27. The average Bonchev–Trinajstić information content (AvgIpc) is 2.18. The van der Waals surface area contributed by atoms with Crippen LogP contribution in [0, 0.1) is 11.3 Å². The van der Waals surface area contributed by atoms with E-state index in [-0.39, 0.29) is 16.4 Å². The lowest BCUT2D eigenvalue weighted by Crippen LogP contribution is -2.07. The van der Waals surface area contributed by atoms with Gasteiger partial charge in [-0.3, -0.25) is 0 Å². The Balaban J connectivity index is 3.15. The maximum atomic E-state index is 11.5. The number of sulfone groups is 1. The monoisotopic (exact) mass is 227 g/mol. The van der Waals surface area contributed by atoms with Crippen molar-refractivity contribution in [3.63, 3.8) is 0 Å². The van der Waals surface area contributed by atoms with Crippen LogP contribution in [0.4, 0.5) is 0 Å². The van der Waals surface area contributed by atoms with Crippen LogP contribution in [0.3, 0.4) is 0 Å². The Hall–Kier alpha value is -0.990. The number of nitriles is 1. The van der Waals surface area contributed by atoms with E-state index < -0.39 is 9.84 Å². The van der Waals surface area contributed by atoms with Crippen molar-refractivity contribution >= 4 is 22.5 Å². The minimum absolute atomic E-state index is 0.00894. The molecule has 0 aliphatic rings. The van der Waals surface area contributed by atoms with Crippen molar-refractivity contribution in [1.82, 2.24) is 0 Å². The minimum Gasteiger partial charge on any atom is -0.224 e. The van der Waals surface area contributed by atoms with Gasteiger partial charge in [-0.15, -0.1) is 0 Å². The van der Waals surface area contributed by atoms with Gasteiger partial charge in [0.2, 0.25) is 0 Å². The molecule has 3 nitrogen and oxygen atoms in total. The van der Waals surface area contributed by atoms with Crippen LogP contribution in [0.2, 0.25) is 0 Å². The molecular formula is C9H9NO2S2. The summed E-state index contributed by atoms with van der Waals surface area (Å²) >= 11 is 3.87. The predicted octanol–water partition coefficient (Wildman–Crippen LogP) is 1.26. The van der Waals surface area contributed by atoms with Gasteiger partial charge in [-0.1, -0.05) is 6.07 Å². The van der Waals surface area contributed by atoms with Gasteiger partial charge in [-0.05, 0) is 18.2 Å². The standard InChI is InChI=1S/C9H9NO2S2/c10-7-8-2-1-3-9(6-8)14(11,12)5-4-13/h1-3,6,13H,4-5H2. The molecule has 0 unspecified atom stereocenters. The molecule has 0 aromatic heterocycles. The fourth-order valence-corrected chi connectivity index (χ4v) is 2.79. The molecule has 0 bridgehead atoms. The molecule has 0 N–H and O–H groups in total. The van der Waals surface area contributed by atoms with Gasteiger partial charge in [0.1, 0.15) is 0 Å². The zero-order valence-corrected chi connectivity index (χ0v) is 9.05. The summed E-state index contributed by atoms with van der Waals surface area (Å²) in [5, 5.41) is 8.60. The van der Waals surface area contributed by atoms with Crippen molar-refractivity contribution in [2.75, 3.05) is 11.5 Å². The van der Waals surface area contributed by atoms with E-state index in [1.54, 1.807) is 12.1 Å². The summed E-state index contributed by atoms with van der Waals surface area (Å²) < 4.78 is 23.1. The Morgan fingerprint density at radius 2 is 2.14 bits per heavy atom. The van der Waals surface area contributed by atoms with Crippen LogP contribution < -0.4 is 0 Å². The van der Waals surface area contributed by atoms with Crippen LogP contribution in [0.5, 0.6) is 0 Å². The van der Waals surface area contributed by atoms with E-state index in [1.165, 1.54) is 12.1 Å². The Morgan fingerprint density at radius 3 is 2.71 bits per heavy atom. The lowest BCUT2D eigenvalue weighted by Gasteiger charge is -2.01. The Kier molecular flexibility index (Phi) is 3.55. The Morgan fingerprint density at radius 1 is 1.43 bits per heavy atom. The summed E-state index contributed by atoms with van der Waals surface area (Å²) in [5.41, 5.74) is 0.352. The van der Waals surface area contributed by atoms with E-state index in [0.717, 1.165) is 0 Å². The Labute approximate surface area is 88.7 Å². The number of nitrogens with zero attached hydrogens (tertiary/aromatic N) is 1. The zero-order chi connectivity index (χ0) is 10.6. The molecule has 5 heteroatoms. The molecular weight excluding hydrogens is 218 g/mol. The SMILES string of the molecule is N#Cc1cccc(S(=O)(=O)CCS)c1. The van der Waals surface area contributed by atoms with Gasteiger partial charge in [-0.2, -0.15) is 17.9 Å². The van der Waals surface area contributed by atoms with Crippen molar-refractivity contribution < 1.29 is 8.42 Å². The highest BCUT2D eigenvalue weighted by molar-refractivity contribution is 7.92.